The minimum atomic E-state index is -0.501. The molecule has 1 heterocycles. The number of ether oxygens (including phenoxy) is 2. The van der Waals surface area contributed by atoms with E-state index < -0.39 is 11.7 Å². The van der Waals surface area contributed by atoms with Gasteiger partial charge in [-0.3, -0.25) is 0 Å². The van der Waals surface area contributed by atoms with Crippen molar-refractivity contribution in [3.63, 3.8) is 0 Å². The first-order chi connectivity index (χ1) is 15.8. The molecule has 0 aliphatic heterocycles. The van der Waals surface area contributed by atoms with Gasteiger partial charge < -0.3 is 24.5 Å². The third-order valence-corrected chi connectivity index (χ3v) is 4.88. The van der Waals surface area contributed by atoms with E-state index in [1.807, 2.05) is 32.9 Å². The van der Waals surface area contributed by atoms with Crippen molar-refractivity contribution in [1.29, 1.82) is 0 Å². The summed E-state index contributed by atoms with van der Waals surface area (Å²) in [4.78, 5) is 11.5. The summed E-state index contributed by atoms with van der Waals surface area (Å²) in [5.41, 5.74) is 2.59. The molecule has 2 N–H and O–H groups in total. The molecular weight excluding hydrogens is 423 g/mol. The lowest BCUT2D eigenvalue weighted by molar-refractivity contribution is 0.0500. The predicted octanol–water partition coefficient (Wildman–Crippen LogP) is 4.99. The summed E-state index contributed by atoms with van der Waals surface area (Å²) < 4.78 is 29.7. The van der Waals surface area contributed by atoms with Gasteiger partial charge in [-0.25, -0.2) is 9.18 Å². The summed E-state index contributed by atoms with van der Waals surface area (Å²) in [6.07, 6.45) is 1.15. The molecule has 0 saturated heterocycles. The number of alkyl carbamates (subject to hydrolysis) is 1. The van der Waals surface area contributed by atoms with Crippen molar-refractivity contribution in [2.24, 2.45) is 0 Å². The summed E-state index contributed by atoms with van der Waals surface area (Å²) in [5, 5.41) is 7.09. The molecular formula is C26H33FN2O4. The average molecular weight is 457 g/mol. The maximum Gasteiger partial charge on any atom is 0.407 e. The van der Waals surface area contributed by atoms with Crippen LogP contribution >= 0.6 is 0 Å². The largest absolute Gasteiger partial charge is 0.461 e. The molecule has 178 valence electrons. The molecule has 1 amide bonds. The van der Waals surface area contributed by atoms with Gasteiger partial charge in [-0.15, -0.1) is 0 Å². The fourth-order valence-corrected chi connectivity index (χ4v) is 3.30. The van der Waals surface area contributed by atoms with Crippen molar-refractivity contribution in [3.05, 3.63) is 71.2 Å². The van der Waals surface area contributed by atoms with Crippen LogP contribution in [-0.2, 0) is 28.9 Å². The van der Waals surface area contributed by atoms with Gasteiger partial charge in [-0.05, 0) is 62.6 Å². The molecule has 1 aromatic heterocycles. The topological polar surface area (TPSA) is 72.7 Å². The molecule has 0 spiro atoms. The fraction of sp³-hybridized carbons (Fsp3) is 0.423. The Morgan fingerprint density at radius 1 is 0.970 bits per heavy atom. The zero-order chi connectivity index (χ0) is 23.7. The van der Waals surface area contributed by atoms with E-state index in [0.29, 0.717) is 32.8 Å². The van der Waals surface area contributed by atoms with Crippen LogP contribution in [0.5, 0.6) is 0 Å². The number of halogens is 1. The highest BCUT2D eigenvalue weighted by Gasteiger charge is 2.15. The summed E-state index contributed by atoms with van der Waals surface area (Å²) in [7, 11) is 0. The second kappa shape index (κ2) is 11.8. The summed E-state index contributed by atoms with van der Waals surface area (Å²) in [6.45, 7) is 8.28. The summed E-state index contributed by atoms with van der Waals surface area (Å²) >= 11 is 0. The van der Waals surface area contributed by atoms with Crippen LogP contribution in [0, 0.1) is 5.82 Å². The molecule has 0 fully saturated rings. The van der Waals surface area contributed by atoms with Gasteiger partial charge in [0.1, 0.15) is 22.8 Å². The Morgan fingerprint density at radius 2 is 1.70 bits per heavy atom. The Balaban J connectivity index is 1.33. The van der Waals surface area contributed by atoms with E-state index in [9.17, 15) is 9.18 Å². The fourth-order valence-electron chi connectivity index (χ4n) is 3.30. The number of carbonyl (C=O) groups is 1. The Labute approximate surface area is 194 Å². The smallest absolute Gasteiger partial charge is 0.407 e. The van der Waals surface area contributed by atoms with E-state index in [-0.39, 0.29) is 5.82 Å². The van der Waals surface area contributed by atoms with E-state index in [0.717, 1.165) is 40.7 Å². The second-order valence-electron chi connectivity index (χ2n) is 8.93. The molecule has 0 aliphatic carbocycles. The number of aryl methyl sites for hydroxylation is 2. The second-order valence-corrected chi connectivity index (χ2v) is 8.93. The standard InChI is InChI=1S/C26H33FN2O4/c1-26(2,3)33-25(30)29-13-15-31-14-12-28-18-20-4-8-21-17-23(32-24(21)16-20)11-7-19-5-9-22(27)10-6-19/h4-6,8-10,16-17,28H,7,11-15,18H2,1-3H3,(H,29,30). The Morgan fingerprint density at radius 3 is 2.45 bits per heavy atom. The molecule has 6 nitrogen and oxygen atoms in total. The molecule has 0 aliphatic rings. The zero-order valence-electron chi connectivity index (χ0n) is 19.6. The third kappa shape index (κ3) is 8.86. The van der Waals surface area contributed by atoms with Crippen molar-refractivity contribution >= 4 is 17.1 Å². The van der Waals surface area contributed by atoms with E-state index in [1.54, 1.807) is 0 Å². The SMILES string of the molecule is CC(C)(C)OC(=O)NCCOCCNCc1ccc2cc(CCc3ccc(F)cc3)oc2c1. The first-order valence-corrected chi connectivity index (χ1v) is 11.3. The maximum absolute atomic E-state index is 13.0. The molecule has 0 unspecified atom stereocenters. The molecule has 3 rings (SSSR count). The minimum Gasteiger partial charge on any atom is -0.461 e. The number of amides is 1. The number of hydrogen-bond acceptors (Lipinski definition) is 5. The van der Waals surface area contributed by atoms with E-state index >= 15 is 0 Å². The number of nitrogens with one attached hydrogen (secondary N) is 2. The monoisotopic (exact) mass is 456 g/mol. The highest BCUT2D eigenvalue weighted by molar-refractivity contribution is 5.78. The van der Waals surface area contributed by atoms with Crippen LogP contribution in [0.25, 0.3) is 11.0 Å². The molecule has 33 heavy (non-hydrogen) atoms. The normalized spacial score (nSPS) is 11.6. The van der Waals surface area contributed by atoms with Crippen molar-refractivity contribution in [1.82, 2.24) is 10.6 Å². The van der Waals surface area contributed by atoms with Crippen LogP contribution in [0.15, 0.2) is 52.9 Å². The Kier molecular flexibility index (Phi) is 8.86. The molecule has 0 saturated carbocycles. The highest BCUT2D eigenvalue weighted by Crippen LogP contribution is 2.22. The quantitative estimate of drug-likeness (QED) is 0.398. The van der Waals surface area contributed by atoms with Crippen LogP contribution in [0.2, 0.25) is 0 Å². The number of benzene rings is 2. The molecule has 0 radical (unpaired) electrons. The van der Waals surface area contributed by atoms with Crippen LogP contribution in [-0.4, -0.2) is 38.0 Å². The lowest BCUT2D eigenvalue weighted by atomic mass is 10.1. The van der Waals surface area contributed by atoms with E-state index in [2.05, 4.69) is 34.9 Å². The summed E-state index contributed by atoms with van der Waals surface area (Å²) in [6, 6.07) is 14.9. The Hall–Kier alpha value is -2.90. The minimum absolute atomic E-state index is 0.217. The van der Waals surface area contributed by atoms with Crippen molar-refractivity contribution in [2.45, 2.75) is 45.8 Å². The molecule has 2 aromatic carbocycles. The van der Waals surface area contributed by atoms with Crippen molar-refractivity contribution in [2.75, 3.05) is 26.3 Å². The van der Waals surface area contributed by atoms with E-state index in [1.165, 1.54) is 12.1 Å². The Bertz CT molecular complexity index is 1020. The number of rotatable bonds is 11. The molecule has 0 atom stereocenters. The first kappa shape index (κ1) is 24.7. The van der Waals surface area contributed by atoms with Crippen LogP contribution < -0.4 is 10.6 Å². The lowest BCUT2D eigenvalue weighted by Gasteiger charge is -2.19. The van der Waals surface area contributed by atoms with Gasteiger partial charge in [0.2, 0.25) is 0 Å². The maximum atomic E-state index is 13.0. The first-order valence-electron chi connectivity index (χ1n) is 11.3. The van der Waals surface area contributed by atoms with Gasteiger partial charge in [-0.1, -0.05) is 24.3 Å². The van der Waals surface area contributed by atoms with Crippen molar-refractivity contribution in [3.8, 4) is 0 Å². The van der Waals surface area contributed by atoms with Gasteiger partial charge >= 0.3 is 6.09 Å². The number of fused-ring (bicyclic) bond motifs is 1. The van der Waals surface area contributed by atoms with Crippen LogP contribution in [0.1, 0.15) is 37.7 Å². The highest BCUT2D eigenvalue weighted by atomic mass is 19.1. The van der Waals surface area contributed by atoms with Gasteiger partial charge in [0, 0.05) is 31.4 Å². The average Bonchev–Trinajstić information content (AvgIpc) is 3.16. The van der Waals surface area contributed by atoms with Gasteiger partial charge in [-0.2, -0.15) is 0 Å². The molecule has 7 heteroatoms. The van der Waals surface area contributed by atoms with Crippen LogP contribution in [0.4, 0.5) is 9.18 Å². The third-order valence-electron chi connectivity index (χ3n) is 4.88. The molecule has 3 aromatic rings. The number of furan rings is 1. The van der Waals surface area contributed by atoms with Gasteiger partial charge in [0.25, 0.3) is 0 Å². The number of carbonyl (C=O) groups excluding carboxylic acids is 1. The summed E-state index contributed by atoms with van der Waals surface area (Å²) in [5.74, 6) is 0.707. The van der Waals surface area contributed by atoms with Crippen LogP contribution in [0.3, 0.4) is 0 Å². The zero-order valence-corrected chi connectivity index (χ0v) is 19.6. The van der Waals surface area contributed by atoms with Gasteiger partial charge in [0.05, 0.1) is 13.2 Å². The van der Waals surface area contributed by atoms with E-state index in [4.69, 9.17) is 13.9 Å². The number of hydrogen-bond donors (Lipinski definition) is 2. The van der Waals surface area contributed by atoms with Crippen molar-refractivity contribution < 1.29 is 23.1 Å². The predicted molar refractivity (Wildman–Crippen MR) is 127 cm³/mol. The van der Waals surface area contributed by atoms with Gasteiger partial charge in [0.15, 0.2) is 0 Å². The lowest BCUT2D eigenvalue weighted by Crippen LogP contribution is -2.34. The molecule has 0 bridgehead atoms.